The highest BCUT2D eigenvalue weighted by molar-refractivity contribution is 5.94. The zero-order valence-corrected chi connectivity index (χ0v) is 15.9. The van der Waals surface area contributed by atoms with Crippen LogP contribution in [0.2, 0.25) is 0 Å². The molecule has 1 N–H and O–H groups in total. The molecule has 152 valence electrons. The van der Waals surface area contributed by atoms with Crippen molar-refractivity contribution in [3.63, 3.8) is 0 Å². The number of aromatic carboxylic acids is 1. The van der Waals surface area contributed by atoms with E-state index < -0.39 is 17.6 Å². The number of rotatable bonds is 6. The summed E-state index contributed by atoms with van der Waals surface area (Å²) in [6.07, 6.45) is 5.16. The maximum absolute atomic E-state index is 13.9. The maximum Gasteiger partial charge on any atom is 0.356 e. The van der Waals surface area contributed by atoms with Gasteiger partial charge in [0.05, 0.1) is 18.1 Å². The van der Waals surface area contributed by atoms with E-state index in [-0.39, 0.29) is 17.9 Å². The van der Waals surface area contributed by atoms with Crippen molar-refractivity contribution in [2.24, 2.45) is 0 Å². The quantitative estimate of drug-likeness (QED) is 0.612. The van der Waals surface area contributed by atoms with Crippen molar-refractivity contribution in [2.75, 3.05) is 0 Å². The summed E-state index contributed by atoms with van der Waals surface area (Å²) in [7, 11) is 0. The third kappa shape index (κ3) is 4.05. The topological polar surface area (TPSA) is 72.3 Å². The van der Waals surface area contributed by atoms with Crippen molar-refractivity contribution >= 4 is 17.1 Å². The standard InChI is InChI=1S/C23H18F2N2O3/c24-15-8-9-19(25)14(10-15)13-30-22-7-2-1-4-18(22)16-5-3-6-17(16)20-11-26-12-21(27-20)23(28)29/h1-2,4,7-12H,3,5-6,13H2,(H,28,29). The molecule has 0 radical (unpaired) electrons. The van der Waals surface area contributed by atoms with E-state index in [2.05, 4.69) is 9.97 Å². The molecule has 0 saturated carbocycles. The van der Waals surface area contributed by atoms with Gasteiger partial charge in [0, 0.05) is 11.1 Å². The number of carboxylic acids is 1. The Balaban J connectivity index is 1.68. The fourth-order valence-electron chi connectivity index (χ4n) is 3.59. The Morgan fingerprint density at radius 1 is 1.07 bits per heavy atom. The number of allylic oxidation sites excluding steroid dienone is 2. The number of carboxylic acid groups (broad SMARTS) is 1. The van der Waals surface area contributed by atoms with Gasteiger partial charge in [0.2, 0.25) is 0 Å². The van der Waals surface area contributed by atoms with Crippen LogP contribution < -0.4 is 4.74 Å². The van der Waals surface area contributed by atoms with Gasteiger partial charge in [0.1, 0.15) is 24.0 Å². The number of para-hydroxylation sites is 1. The van der Waals surface area contributed by atoms with Gasteiger partial charge < -0.3 is 9.84 Å². The number of ether oxygens (including phenoxy) is 1. The second kappa shape index (κ2) is 8.41. The first kappa shape index (κ1) is 19.7. The number of carbonyl (C=O) groups is 1. The summed E-state index contributed by atoms with van der Waals surface area (Å²) in [5.41, 5.74) is 3.27. The van der Waals surface area contributed by atoms with Gasteiger partial charge in [-0.25, -0.2) is 18.6 Å². The summed E-state index contributed by atoms with van der Waals surface area (Å²) in [4.78, 5) is 19.5. The zero-order valence-electron chi connectivity index (χ0n) is 15.9. The number of hydrogen-bond donors (Lipinski definition) is 1. The minimum Gasteiger partial charge on any atom is -0.488 e. The van der Waals surface area contributed by atoms with Crippen LogP contribution in [0.4, 0.5) is 8.78 Å². The zero-order chi connectivity index (χ0) is 21.1. The molecule has 0 amide bonds. The molecule has 1 aromatic heterocycles. The van der Waals surface area contributed by atoms with Gasteiger partial charge in [0.25, 0.3) is 0 Å². The summed E-state index contributed by atoms with van der Waals surface area (Å²) >= 11 is 0. The number of aromatic nitrogens is 2. The second-order valence-corrected chi connectivity index (χ2v) is 6.93. The Morgan fingerprint density at radius 2 is 1.87 bits per heavy atom. The minimum atomic E-state index is -1.13. The van der Waals surface area contributed by atoms with Crippen LogP contribution in [-0.2, 0) is 6.61 Å². The van der Waals surface area contributed by atoms with Gasteiger partial charge in [-0.2, -0.15) is 0 Å². The molecule has 4 rings (SSSR count). The van der Waals surface area contributed by atoms with E-state index in [9.17, 15) is 18.7 Å². The molecule has 1 aliphatic carbocycles. The number of halogens is 2. The van der Waals surface area contributed by atoms with Crippen molar-refractivity contribution in [1.29, 1.82) is 0 Å². The van der Waals surface area contributed by atoms with Gasteiger partial charge in [-0.15, -0.1) is 0 Å². The lowest BCUT2D eigenvalue weighted by Crippen LogP contribution is -2.04. The Labute approximate surface area is 171 Å². The van der Waals surface area contributed by atoms with E-state index in [4.69, 9.17) is 4.74 Å². The van der Waals surface area contributed by atoms with E-state index in [0.29, 0.717) is 11.4 Å². The molecule has 2 aromatic carbocycles. The normalized spacial score (nSPS) is 13.5. The lowest BCUT2D eigenvalue weighted by molar-refractivity contribution is 0.0690. The highest BCUT2D eigenvalue weighted by Gasteiger charge is 2.22. The van der Waals surface area contributed by atoms with Crippen molar-refractivity contribution in [3.8, 4) is 5.75 Å². The first-order valence-corrected chi connectivity index (χ1v) is 9.47. The first-order valence-electron chi connectivity index (χ1n) is 9.47. The molecule has 1 heterocycles. The average molecular weight is 408 g/mol. The predicted octanol–water partition coefficient (Wildman–Crippen LogP) is 5.13. The van der Waals surface area contributed by atoms with Crippen LogP contribution >= 0.6 is 0 Å². The third-order valence-electron chi connectivity index (χ3n) is 4.98. The lowest BCUT2D eigenvalue weighted by Gasteiger charge is -2.14. The van der Waals surface area contributed by atoms with Crippen LogP contribution in [0.3, 0.4) is 0 Å². The highest BCUT2D eigenvalue weighted by atomic mass is 19.1. The van der Waals surface area contributed by atoms with Crippen molar-refractivity contribution in [3.05, 3.63) is 89.0 Å². The molecular formula is C23H18F2N2O3. The number of benzene rings is 2. The molecule has 30 heavy (non-hydrogen) atoms. The van der Waals surface area contributed by atoms with E-state index in [0.717, 1.165) is 54.2 Å². The van der Waals surface area contributed by atoms with Crippen molar-refractivity contribution in [2.45, 2.75) is 25.9 Å². The van der Waals surface area contributed by atoms with Crippen LogP contribution in [-0.4, -0.2) is 21.0 Å². The number of nitrogens with zero attached hydrogens (tertiary/aromatic N) is 2. The fourth-order valence-corrected chi connectivity index (χ4v) is 3.59. The highest BCUT2D eigenvalue weighted by Crippen LogP contribution is 2.42. The molecule has 1 aliphatic rings. The lowest BCUT2D eigenvalue weighted by atomic mass is 9.99. The Bertz CT molecular complexity index is 1140. The number of hydrogen-bond acceptors (Lipinski definition) is 4. The smallest absolute Gasteiger partial charge is 0.356 e. The van der Waals surface area contributed by atoms with Crippen LogP contribution in [0, 0.1) is 11.6 Å². The minimum absolute atomic E-state index is 0.114. The van der Waals surface area contributed by atoms with E-state index in [1.54, 1.807) is 18.3 Å². The van der Waals surface area contributed by atoms with Gasteiger partial charge in [-0.05, 0) is 54.7 Å². The maximum atomic E-state index is 13.9. The van der Waals surface area contributed by atoms with Crippen molar-refractivity contribution in [1.82, 2.24) is 9.97 Å². The van der Waals surface area contributed by atoms with Crippen LogP contribution in [0.1, 0.15) is 46.6 Å². The van der Waals surface area contributed by atoms with E-state index in [1.165, 1.54) is 6.20 Å². The van der Waals surface area contributed by atoms with E-state index in [1.807, 2.05) is 12.1 Å². The molecule has 7 heteroatoms. The molecule has 3 aromatic rings. The second-order valence-electron chi connectivity index (χ2n) is 6.93. The van der Waals surface area contributed by atoms with Gasteiger partial charge in [-0.1, -0.05) is 18.2 Å². The molecule has 0 bridgehead atoms. The van der Waals surface area contributed by atoms with Crippen LogP contribution in [0.5, 0.6) is 5.75 Å². The summed E-state index contributed by atoms with van der Waals surface area (Å²) in [5.74, 6) is -1.65. The first-order chi connectivity index (χ1) is 14.5. The molecule has 0 atom stereocenters. The van der Waals surface area contributed by atoms with Crippen LogP contribution in [0.15, 0.2) is 54.9 Å². The molecule has 0 aliphatic heterocycles. The summed E-state index contributed by atoms with van der Waals surface area (Å²) in [5, 5.41) is 9.20. The molecule has 0 fully saturated rings. The molecule has 0 unspecified atom stereocenters. The van der Waals surface area contributed by atoms with Gasteiger partial charge in [0.15, 0.2) is 5.69 Å². The summed E-state index contributed by atoms with van der Waals surface area (Å²) in [6, 6.07) is 10.6. The summed E-state index contributed by atoms with van der Waals surface area (Å²) in [6.45, 7) is -0.114. The molecule has 0 saturated heterocycles. The Kier molecular flexibility index (Phi) is 5.52. The predicted molar refractivity (Wildman–Crippen MR) is 107 cm³/mol. The van der Waals surface area contributed by atoms with Gasteiger partial charge >= 0.3 is 5.97 Å². The molecule has 5 nitrogen and oxygen atoms in total. The Morgan fingerprint density at radius 3 is 2.70 bits per heavy atom. The van der Waals surface area contributed by atoms with E-state index >= 15 is 0 Å². The van der Waals surface area contributed by atoms with Crippen molar-refractivity contribution < 1.29 is 23.4 Å². The Hall–Kier alpha value is -3.61. The largest absolute Gasteiger partial charge is 0.488 e. The van der Waals surface area contributed by atoms with Gasteiger partial charge in [-0.3, -0.25) is 4.98 Å². The summed E-state index contributed by atoms with van der Waals surface area (Å²) < 4.78 is 33.2. The third-order valence-corrected chi connectivity index (χ3v) is 4.98. The fraction of sp³-hybridized carbons (Fsp3) is 0.174. The SMILES string of the molecule is O=C(O)c1cncc(C2=C(c3ccccc3OCc3cc(F)ccc3F)CCC2)n1. The average Bonchev–Trinajstić information content (AvgIpc) is 3.24. The van der Waals surface area contributed by atoms with Crippen LogP contribution in [0.25, 0.3) is 11.1 Å². The monoisotopic (exact) mass is 408 g/mol. The molecule has 0 spiro atoms. The molecular weight excluding hydrogens is 390 g/mol.